The van der Waals surface area contributed by atoms with Gasteiger partial charge in [0.1, 0.15) is 0 Å². The van der Waals surface area contributed by atoms with Crippen molar-refractivity contribution in [3.63, 3.8) is 0 Å². The summed E-state index contributed by atoms with van der Waals surface area (Å²) in [6.45, 7) is 11.5. The third kappa shape index (κ3) is 3.81. The smallest absolute Gasteiger partial charge is 0.0217 e. The molecule has 1 unspecified atom stereocenters. The van der Waals surface area contributed by atoms with E-state index in [0.717, 1.165) is 13.1 Å². The maximum Gasteiger partial charge on any atom is 0.0217 e. The topological polar surface area (TPSA) is 15.3 Å². The lowest BCUT2D eigenvalue weighted by Crippen LogP contribution is -2.42. The number of rotatable bonds is 5. The summed E-state index contributed by atoms with van der Waals surface area (Å²) >= 11 is 1.91. The fourth-order valence-electron chi connectivity index (χ4n) is 2.76. The number of nitrogens with zero attached hydrogens (tertiary/aromatic N) is 1. The van der Waals surface area contributed by atoms with E-state index in [2.05, 4.69) is 37.1 Å². The number of thiophene rings is 1. The molecule has 1 aliphatic rings. The minimum Gasteiger partial charge on any atom is -0.311 e. The number of hydrogen-bond acceptors (Lipinski definition) is 3. The SMILES string of the molecule is Cc1cc(CNCC(C)N2CCCCC2)c(C)s1. The quantitative estimate of drug-likeness (QED) is 0.879. The number of nitrogens with one attached hydrogen (secondary N) is 1. The first-order valence-corrected chi connectivity index (χ1v) is 7.99. The zero-order valence-electron chi connectivity index (χ0n) is 12.0. The Hall–Kier alpha value is -0.380. The van der Waals surface area contributed by atoms with E-state index < -0.39 is 0 Å². The van der Waals surface area contributed by atoms with Gasteiger partial charge in [-0.1, -0.05) is 6.42 Å². The molecule has 1 saturated heterocycles. The van der Waals surface area contributed by atoms with E-state index in [-0.39, 0.29) is 0 Å². The molecular formula is C15H26N2S. The van der Waals surface area contributed by atoms with Crippen molar-refractivity contribution >= 4 is 11.3 Å². The van der Waals surface area contributed by atoms with Crippen LogP contribution in [0.2, 0.25) is 0 Å². The fraction of sp³-hybridized carbons (Fsp3) is 0.733. The van der Waals surface area contributed by atoms with E-state index >= 15 is 0 Å². The highest BCUT2D eigenvalue weighted by molar-refractivity contribution is 7.12. The predicted octanol–water partition coefficient (Wildman–Crippen LogP) is 3.33. The highest BCUT2D eigenvalue weighted by Gasteiger charge is 2.16. The summed E-state index contributed by atoms with van der Waals surface area (Å²) in [5.74, 6) is 0. The Bertz CT molecular complexity index is 367. The Morgan fingerprint density at radius 2 is 2.00 bits per heavy atom. The second-order valence-corrected chi connectivity index (χ2v) is 6.98. The molecule has 1 aromatic rings. The van der Waals surface area contributed by atoms with Crippen LogP contribution in [0.1, 0.15) is 41.5 Å². The average molecular weight is 266 g/mol. The first kappa shape index (κ1) is 14.0. The Labute approximate surface area is 115 Å². The molecule has 3 heteroatoms. The van der Waals surface area contributed by atoms with E-state index in [1.165, 1.54) is 47.7 Å². The first-order valence-electron chi connectivity index (χ1n) is 7.17. The third-order valence-corrected chi connectivity index (χ3v) is 4.92. The Kier molecular flexibility index (Phi) is 5.22. The van der Waals surface area contributed by atoms with Crippen molar-refractivity contribution in [3.05, 3.63) is 21.4 Å². The van der Waals surface area contributed by atoms with Gasteiger partial charge in [-0.05, 0) is 58.3 Å². The van der Waals surface area contributed by atoms with Gasteiger partial charge in [0.2, 0.25) is 0 Å². The average Bonchev–Trinajstić information content (AvgIpc) is 2.69. The maximum atomic E-state index is 3.62. The van der Waals surface area contributed by atoms with Crippen molar-refractivity contribution in [1.29, 1.82) is 0 Å². The second-order valence-electron chi connectivity index (χ2n) is 5.52. The molecule has 0 aliphatic carbocycles. The zero-order chi connectivity index (χ0) is 13.0. The molecule has 1 aliphatic heterocycles. The van der Waals surface area contributed by atoms with Crippen molar-refractivity contribution in [2.75, 3.05) is 19.6 Å². The summed E-state index contributed by atoms with van der Waals surface area (Å²) in [7, 11) is 0. The highest BCUT2D eigenvalue weighted by Crippen LogP contribution is 2.20. The predicted molar refractivity (Wildman–Crippen MR) is 80.4 cm³/mol. The van der Waals surface area contributed by atoms with E-state index in [4.69, 9.17) is 0 Å². The fourth-order valence-corrected chi connectivity index (χ4v) is 3.71. The van der Waals surface area contributed by atoms with Crippen LogP contribution in [-0.2, 0) is 6.54 Å². The van der Waals surface area contributed by atoms with Gasteiger partial charge < -0.3 is 5.32 Å². The molecule has 0 amide bonds. The molecule has 0 aromatic carbocycles. The van der Waals surface area contributed by atoms with Crippen molar-refractivity contribution in [2.24, 2.45) is 0 Å². The molecule has 2 heterocycles. The molecule has 1 aromatic heterocycles. The van der Waals surface area contributed by atoms with Crippen molar-refractivity contribution < 1.29 is 0 Å². The minimum atomic E-state index is 0.672. The van der Waals surface area contributed by atoms with Gasteiger partial charge in [-0.15, -0.1) is 11.3 Å². The van der Waals surface area contributed by atoms with Crippen LogP contribution in [0.25, 0.3) is 0 Å². The lowest BCUT2D eigenvalue weighted by atomic mass is 10.1. The molecule has 1 N–H and O–H groups in total. The molecule has 0 bridgehead atoms. The van der Waals surface area contributed by atoms with E-state index in [1.54, 1.807) is 0 Å². The lowest BCUT2D eigenvalue weighted by Gasteiger charge is -2.32. The van der Waals surface area contributed by atoms with Crippen molar-refractivity contribution in [1.82, 2.24) is 10.2 Å². The third-order valence-electron chi connectivity index (χ3n) is 3.91. The monoisotopic (exact) mass is 266 g/mol. The zero-order valence-corrected chi connectivity index (χ0v) is 12.8. The number of hydrogen-bond donors (Lipinski definition) is 1. The van der Waals surface area contributed by atoms with Crippen LogP contribution in [0.3, 0.4) is 0 Å². The largest absolute Gasteiger partial charge is 0.311 e. The number of aryl methyl sites for hydroxylation is 2. The maximum absolute atomic E-state index is 3.62. The van der Waals surface area contributed by atoms with Gasteiger partial charge in [-0.2, -0.15) is 0 Å². The molecule has 102 valence electrons. The molecule has 18 heavy (non-hydrogen) atoms. The molecule has 0 saturated carbocycles. The van der Waals surface area contributed by atoms with Crippen LogP contribution in [0.4, 0.5) is 0 Å². The van der Waals surface area contributed by atoms with Gasteiger partial charge in [-0.25, -0.2) is 0 Å². The summed E-state index contributed by atoms with van der Waals surface area (Å²) in [6, 6.07) is 2.99. The van der Waals surface area contributed by atoms with Gasteiger partial charge in [-0.3, -0.25) is 4.90 Å². The van der Waals surface area contributed by atoms with Crippen LogP contribution >= 0.6 is 11.3 Å². The summed E-state index contributed by atoms with van der Waals surface area (Å²) in [5, 5.41) is 3.62. The van der Waals surface area contributed by atoms with Crippen LogP contribution in [-0.4, -0.2) is 30.6 Å². The van der Waals surface area contributed by atoms with Crippen molar-refractivity contribution in [2.45, 2.75) is 52.6 Å². The van der Waals surface area contributed by atoms with Crippen LogP contribution in [0.5, 0.6) is 0 Å². The molecular weight excluding hydrogens is 240 g/mol. The first-order chi connectivity index (χ1) is 8.66. The molecule has 2 nitrogen and oxygen atoms in total. The van der Waals surface area contributed by atoms with Gasteiger partial charge in [0.15, 0.2) is 0 Å². The van der Waals surface area contributed by atoms with Crippen LogP contribution in [0.15, 0.2) is 6.07 Å². The standard InChI is InChI=1S/C15H26N2S/c1-12(17-7-5-4-6-8-17)10-16-11-15-9-13(2)18-14(15)3/h9,12,16H,4-8,10-11H2,1-3H3. The Morgan fingerprint density at radius 1 is 1.28 bits per heavy atom. The molecule has 0 spiro atoms. The highest BCUT2D eigenvalue weighted by atomic mass is 32.1. The van der Waals surface area contributed by atoms with Gasteiger partial charge >= 0.3 is 0 Å². The summed E-state index contributed by atoms with van der Waals surface area (Å²) in [4.78, 5) is 5.52. The summed E-state index contributed by atoms with van der Waals surface area (Å²) in [6.07, 6.45) is 4.18. The molecule has 1 fully saturated rings. The van der Waals surface area contributed by atoms with Crippen molar-refractivity contribution in [3.8, 4) is 0 Å². The van der Waals surface area contributed by atoms with Crippen LogP contribution in [0, 0.1) is 13.8 Å². The summed E-state index contributed by atoms with van der Waals surface area (Å²) < 4.78 is 0. The summed E-state index contributed by atoms with van der Waals surface area (Å²) in [5.41, 5.74) is 1.48. The molecule has 0 radical (unpaired) electrons. The van der Waals surface area contributed by atoms with E-state index in [1.807, 2.05) is 11.3 Å². The molecule has 2 rings (SSSR count). The Morgan fingerprint density at radius 3 is 2.61 bits per heavy atom. The Balaban J connectivity index is 1.72. The molecule has 1 atom stereocenters. The van der Waals surface area contributed by atoms with Gasteiger partial charge in [0.05, 0.1) is 0 Å². The normalized spacial score (nSPS) is 19.1. The second kappa shape index (κ2) is 6.69. The minimum absolute atomic E-state index is 0.672. The van der Waals surface area contributed by atoms with Gasteiger partial charge in [0.25, 0.3) is 0 Å². The lowest BCUT2D eigenvalue weighted by molar-refractivity contribution is 0.170. The van der Waals surface area contributed by atoms with Gasteiger partial charge in [0, 0.05) is 28.9 Å². The van der Waals surface area contributed by atoms with E-state index in [9.17, 15) is 0 Å². The van der Waals surface area contributed by atoms with E-state index in [0.29, 0.717) is 6.04 Å². The number of likely N-dealkylation sites (tertiary alicyclic amines) is 1. The number of piperidine rings is 1. The van der Waals surface area contributed by atoms with Crippen LogP contribution < -0.4 is 5.32 Å².